The van der Waals surface area contributed by atoms with Crippen molar-refractivity contribution in [2.24, 2.45) is 5.41 Å². The third-order valence-corrected chi connectivity index (χ3v) is 4.42. The molecule has 1 saturated carbocycles. The summed E-state index contributed by atoms with van der Waals surface area (Å²) in [5.41, 5.74) is -0.437. The quantitative estimate of drug-likeness (QED) is 0.908. The van der Waals surface area contributed by atoms with Crippen molar-refractivity contribution in [1.29, 1.82) is 0 Å². The molecule has 1 aliphatic rings. The van der Waals surface area contributed by atoms with Crippen LogP contribution in [0.1, 0.15) is 17.7 Å². The lowest BCUT2D eigenvalue weighted by Gasteiger charge is -2.07. The molecule has 0 aromatic carbocycles. The summed E-state index contributed by atoms with van der Waals surface area (Å²) in [4.78, 5) is 12.1. The molecule has 0 atom stereocenters. The Bertz CT molecular complexity index is 341. The van der Waals surface area contributed by atoms with Gasteiger partial charge < -0.3 is 5.11 Å². The number of hydrogen-bond acceptors (Lipinski definition) is 2. The fourth-order valence-electron chi connectivity index (χ4n) is 1.38. The van der Waals surface area contributed by atoms with Gasteiger partial charge in [-0.1, -0.05) is 0 Å². The van der Waals surface area contributed by atoms with Gasteiger partial charge in [0.1, 0.15) is 0 Å². The summed E-state index contributed by atoms with van der Waals surface area (Å²) in [5.74, 6) is -0.646. The van der Waals surface area contributed by atoms with Gasteiger partial charge in [-0.25, -0.2) is 0 Å². The molecule has 1 fully saturated rings. The SMILES string of the molecule is O=C(O)C1(Cc2sccc2Br)CC1. The van der Waals surface area contributed by atoms with Crippen LogP contribution in [0.15, 0.2) is 15.9 Å². The molecule has 13 heavy (non-hydrogen) atoms. The molecule has 2 rings (SSSR count). The predicted octanol–water partition coefficient (Wildman–Crippen LogP) is 2.92. The first kappa shape index (κ1) is 9.21. The first-order valence-electron chi connectivity index (χ1n) is 4.09. The molecule has 70 valence electrons. The minimum absolute atomic E-state index is 0.437. The minimum Gasteiger partial charge on any atom is -0.481 e. The van der Waals surface area contributed by atoms with Crippen LogP contribution < -0.4 is 0 Å². The first-order chi connectivity index (χ1) is 6.14. The highest BCUT2D eigenvalue weighted by Crippen LogP contribution is 2.50. The summed E-state index contributed by atoms with van der Waals surface area (Å²) >= 11 is 5.04. The highest BCUT2D eigenvalue weighted by molar-refractivity contribution is 9.10. The molecule has 0 saturated heterocycles. The zero-order valence-electron chi connectivity index (χ0n) is 6.92. The molecule has 0 radical (unpaired) electrons. The van der Waals surface area contributed by atoms with Crippen LogP contribution in [0.25, 0.3) is 0 Å². The Morgan fingerprint density at radius 1 is 1.69 bits per heavy atom. The van der Waals surface area contributed by atoms with E-state index in [-0.39, 0.29) is 0 Å². The van der Waals surface area contributed by atoms with E-state index in [4.69, 9.17) is 5.11 Å². The molecular weight excluding hydrogens is 252 g/mol. The van der Waals surface area contributed by atoms with Crippen LogP contribution in [-0.2, 0) is 11.2 Å². The van der Waals surface area contributed by atoms with E-state index < -0.39 is 11.4 Å². The number of rotatable bonds is 3. The van der Waals surface area contributed by atoms with Crippen molar-refractivity contribution in [3.05, 3.63) is 20.8 Å². The van der Waals surface area contributed by atoms with Gasteiger partial charge in [0, 0.05) is 9.35 Å². The van der Waals surface area contributed by atoms with Gasteiger partial charge in [0.15, 0.2) is 0 Å². The molecular formula is C9H9BrO2S. The smallest absolute Gasteiger partial charge is 0.309 e. The average Bonchev–Trinajstić information content (AvgIpc) is 2.74. The van der Waals surface area contributed by atoms with E-state index in [1.54, 1.807) is 11.3 Å². The molecule has 0 aliphatic heterocycles. The van der Waals surface area contributed by atoms with Gasteiger partial charge in [0.2, 0.25) is 0 Å². The fourth-order valence-corrected chi connectivity index (χ4v) is 3.01. The zero-order chi connectivity index (χ0) is 9.47. The summed E-state index contributed by atoms with van der Waals surface area (Å²) in [7, 11) is 0. The molecule has 4 heteroatoms. The van der Waals surface area contributed by atoms with E-state index in [2.05, 4.69) is 15.9 Å². The third kappa shape index (κ3) is 1.65. The highest BCUT2D eigenvalue weighted by Gasteiger charge is 2.50. The molecule has 0 spiro atoms. The van der Waals surface area contributed by atoms with Gasteiger partial charge in [0.05, 0.1) is 5.41 Å². The largest absolute Gasteiger partial charge is 0.481 e. The molecule has 0 unspecified atom stereocenters. The van der Waals surface area contributed by atoms with Gasteiger partial charge >= 0.3 is 5.97 Å². The Labute approximate surface area is 88.7 Å². The lowest BCUT2D eigenvalue weighted by atomic mass is 10.0. The molecule has 1 N–H and O–H groups in total. The summed E-state index contributed by atoms with van der Waals surface area (Å²) in [6.45, 7) is 0. The highest BCUT2D eigenvalue weighted by atomic mass is 79.9. The fraction of sp³-hybridized carbons (Fsp3) is 0.444. The second-order valence-electron chi connectivity index (χ2n) is 3.45. The third-order valence-electron chi connectivity index (χ3n) is 2.50. The van der Waals surface area contributed by atoms with Crippen LogP contribution >= 0.6 is 27.3 Å². The lowest BCUT2D eigenvalue weighted by molar-refractivity contribution is -0.143. The second-order valence-corrected chi connectivity index (χ2v) is 5.31. The number of hydrogen-bond donors (Lipinski definition) is 1. The van der Waals surface area contributed by atoms with Crippen molar-refractivity contribution >= 4 is 33.2 Å². The van der Waals surface area contributed by atoms with Crippen molar-refractivity contribution in [1.82, 2.24) is 0 Å². The summed E-state index contributed by atoms with van der Waals surface area (Å²) in [5, 5.41) is 11.0. The van der Waals surface area contributed by atoms with Crippen molar-refractivity contribution in [2.45, 2.75) is 19.3 Å². The number of carbonyl (C=O) groups is 1. The van der Waals surface area contributed by atoms with Gasteiger partial charge in [0.25, 0.3) is 0 Å². The standard InChI is InChI=1S/C9H9BrO2S/c10-6-1-4-13-7(6)5-9(2-3-9)8(11)12/h1,4H,2-3,5H2,(H,11,12). The van der Waals surface area contributed by atoms with E-state index in [0.29, 0.717) is 6.42 Å². The Hall–Kier alpha value is -0.350. The van der Waals surface area contributed by atoms with Gasteiger partial charge in [-0.2, -0.15) is 0 Å². The van der Waals surface area contributed by atoms with E-state index in [1.165, 1.54) is 0 Å². The first-order valence-corrected chi connectivity index (χ1v) is 5.77. The Morgan fingerprint density at radius 3 is 2.77 bits per heavy atom. The summed E-state index contributed by atoms with van der Waals surface area (Å²) < 4.78 is 1.05. The Kier molecular flexibility index (Phi) is 2.20. The molecule has 0 amide bonds. The topological polar surface area (TPSA) is 37.3 Å². The number of halogens is 1. The number of thiophene rings is 1. The Morgan fingerprint density at radius 2 is 2.38 bits per heavy atom. The van der Waals surface area contributed by atoms with Crippen molar-refractivity contribution < 1.29 is 9.90 Å². The van der Waals surface area contributed by atoms with Gasteiger partial charge in [-0.05, 0) is 46.6 Å². The maximum Gasteiger partial charge on any atom is 0.309 e. The molecule has 1 aromatic rings. The zero-order valence-corrected chi connectivity index (χ0v) is 9.32. The van der Waals surface area contributed by atoms with Gasteiger partial charge in [-0.15, -0.1) is 11.3 Å². The Balaban J connectivity index is 2.15. The number of aliphatic carboxylic acids is 1. The van der Waals surface area contributed by atoms with E-state index in [0.717, 1.165) is 22.2 Å². The summed E-state index contributed by atoms with van der Waals surface area (Å²) in [6, 6.07) is 1.97. The van der Waals surface area contributed by atoms with E-state index in [9.17, 15) is 4.79 Å². The van der Waals surface area contributed by atoms with Crippen molar-refractivity contribution in [3.8, 4) is 0 Å². The molecule has 0 bridgehead atoms. The summed E-state index contributed by atoms with van der Waals surface area (Å²) in [6.07, 6.45) is 2.33. The number of carboxylic acids is 1. The van der Waals surface area contributed by atoms with Crippen molar-refractivity contribution in [2.75, 3.05) is 0 Å². The molecule has 1 heterocycles. The number of carboxylic acid groups (broad SMARTS) is 1. The van der Waals surface area contributed by atoms with Crippen molar-refractivity contribution in [3.63, 3.8) is 0 Å². The molecule has 2 nitrogen and oxygen atoms in total. The minimum atomic E-state index is -0.646. The van der Waals surface area contributed by atoms with Crippen LogP contribution in [0.3, 0.4) is 0 Å². The van der Waals surface area contributed by atoms with Crippen LogP contribution in [0.5, 0.6) is 0 Å². The van der Waals surface area contributed by atoms with Crippen LogP contribution in [0, 0.1) is 5.41 Å². The molecule has 1 aliphatic carbocycles. The predicted molar refractivity (Wildman–Crippen MR) is 55.0 cm³/mol. The van der Waals surface area contributed by atoms with Gasteiger partial charge in [-0.3, -0.25) is 4.79 Å². The maximum absolute atomic E-state index is 10.9. The normalized spacial score (nSPS) is 18.5. The van der Waals surface area contributed by atoms with Crippen LogP contribution in [0.4, 0.5) is 0 Å². The average molecular weight is 261 g/mol. The molecule has 1 aromatic heterocycles. The van der Waals surface area contributed by atoms with Crippen LogP contribution in [-0.4, -0.2) is 11.1 Å². The second kappa shape index (κ2) is 3.10. The lowest BCUT2D eigenvalue weighted by Crippen LogP contribution is -2.17. The maximum atomic E-state index is 10.9. The monoisotopic (exact) mass is 260 g/mol. The van der Waals surface area contributed by atoms with E-state index >= 15 is 0 Å². The van der Waals surface area contributed by atoms with Crippen LogP contribution in [0.2, 0.25) is 0 Å². The van der Waals surface area contributed by atoms with E-state index in [1.807, 2.05) is 11.4 Å².